The van der Waals surface area contributed by atoms with Gasteiger partial charge in [0.2, 0.25) is 0 Å². The Balaban J connectivity index is 2.50. The molecule has 0 saturated carbocycles. The Morgan fingerprint density at radius 1 is 1.57 bits per heavy atom. The van der Waals surface area contributed by atoms with Crippen LogP contribution in [-0.2, 0) is 4.74 Å². The number of rotatable bonds is 2. The molecule has 1 aromatic heterocycles. The zero-order chi connectivity index (χ0) is 9.97. The second-order valence-electron chi connectivity index (χ2n) is 2.73. The van der Waals surface area contributed by atoms with Crippen LogP contribution in [0.15, 0.2) is 29.0 Å². The highest BCUT2D eigenvalue weighted by molar-refractivity contribution is 6.01. The molecule has 14 heavy (non-hydrogen) atoms. The van der Waals surface area contributed by atoms with E-state index in [0.29, 0.717) is 23.3 Å². The molecule has 2 aromatic rings. The highest BCUT2D eigenvalue weighted by Gasteiger charge is 2.12. The number of aromatic nitrogens is 1. The van der Waals surface area contributed by atoms with Crippen molar-refractivity contribution < 1.29 is 13.9 Å². The monoisotopic (exact) mass is 191 g/mol. The third-order valence-electron chi connectivity index (χ3n) is 1.86. The lowest BCUT2D eigenvalue weighted by atomic mass is 10.2. The minimum atomic E-state index is -0.369. The largest absolute Gasteiger partial charge is 0.462 e. The first-order valence-electron chi connectivity index (χ1n) is 4.32. The highest BCUT2D eigenvalue weighted by Crippen LogP contribution is 2.17. The lowest BCUT2D eigenvalue weighted by Gasteiger charge is -2.00. The van der Waals surface area contributed by atoms with Gasteiger partial charge in [0.05, 0.1) is 12.2 Å². The van der Waals surface area contributed by atoms with Gasteiger partial charge in [0, 0.05) is 0 Å². The van der Waals surface area contributed by atoms with Crippen molar-refractivity contribution in [2.24, 2.45) is 0 Å². The van der Waals surface area contributed by atoms with Crippen LogP contribution in [0.1, 0.15) is 17.3 Å². The van der Waals surface area contributed by atoms with E-state index in [9.17, 15) is 4.79 Å². The minimum Gasteiger partial charge on any atom is -0.462 e. The third-order valence-corrected chi connectivity index (χ3v) is 1.86. The Labute approximate surface area is 80.5 Å². The standard InChI is InChI=1S/C10H9NO3/c1-2-13-10(12)7-4-3-5-8-9(7)11-6-14-8/h3-6H,2H2,1H3. The van der Waals surface area contributed by atoms with Gasteiger partial charge in [-0.2, -0.15) is 0 Å². The number of esters is 1. The second-order valence-corrected chi connectivity index (χ2v) is 2.73. The van der Waals surface area contributed by atoms with Crippen LogP contribution in [0.25, 0.3) is 11.1 Å². The molecule has 4 nitrogen and oxygen atoms in total. The van der Waals surface area contributed by atoms with Gasteiger partial charge < -0.3 is 9.15 Å². The van der Waals surface area contributed by atoms with E-state index in [0.717, 1.165) is 0 Å². The lowest BCUT2D eigenvalue weighted by Crippen LogP contribution is -2.04. The molecule has 2 rings (SSSR count). The summed E-state index contributed by atoms with van der Waals surface area (Å²) in [5.74, 6) is -0.369. The molecule has 0 aliphatic carbocycles. The number of para-hydroxylation sites is 1. The van der Waals surface area contributed by atoms with E-state index in [1.165, 1.54) is 6.39 Å². The summed E-state index contributed by atoms with van der Waals surface area (Å²) in [5, 5.41) is 0. The van der Waals surface area contributed by atoms with Crippen LogP contribution in [-0.4, -0.2) is 17.6 Å². The summed E-state index contributed by atoms with van der Waals surface area (Å²) in [6, 6.07) is 5.16. The Kier molecular flexibility index (Phi) is 2.18. The van der Waals surface area contributed by atoms with Crippen molar-refractivity contribution in [2.75, 3.05) is 6.61 Å². The molecule has 4 heteroatoms. The van der Waals surface area contributed by atoms with E-state index in [1.807, 2.05) is 0 Å². The molecule has 1 heterocycles. The van der Waals surface area contributed by atoms with Crippen molar-refractivity contribution in [3.63, 3.8) is 0 Å². The summed E-state index contributed by atoms with van der Waals surface area (Å²) in [6.07, 6.45) is 1.31. The Morgan fingerprint density at radius 3 is 3.21 bits per heavy atom. The van der Waals surface area contributed by atoms with E-state index in [4.69, 9.17) is 9.15 Å². The fraction of sp³-hybridized carbons (Fsp3) is 0.200. The van der Waals surface area contributed by atoms with E-state index < -0.39 is 0 Å². The SMILES string of the molecule is CCOC(=O)c1cccc2ocnc12. The number of hydrogen-bond donors (Lipinski definition) is 0. The molecule has 0 amide bonds. The maximum absolute atomic E-state index is 11.5. The van der Waals surface area contributed by atoms with Crippen molar-refractivity contribution in [3.8, 4) is 0 Å². The normalized spacial score (nSPS) is 10.4. The molecule has 1 aromatic carbocycles. The quantitative estimate of drug-likeness (QED) is 0.681. The smallest absolute Gasteiger partial charge is 0.340 e. The summed E-state index contributed by atoms with van der Waals surface area (Å²) in [5.41, 5.74) is 1.58. The maximum Gasteiger partial charge on any atom is 0.340 e. The first kappa shape index (κ1) is 8.74. The summed E-state index contributed by atoms with van der Waals surface area (Å²) in [7, 11) is 0. The van der Waals surface area contributed by atoms with Crippen LogP contribution in [0.2, 0.25) is 0 Å². The van der Waals surface area contributed by atoms with Gasteiger partial charge in [0.15, 0.2) is 12.0 Å². The average Bonchev–Trinajstić information content (AvgIpc) is 2.65. The molecule has 0 spiro atoms. The van der Waals surface area contributed by atoms with Crippen LogP contribution in [0.5, 0.6) is 0 Å². The molecular formula is C10H9NO3. The van der Waals surface area contributed by atoms with Gasteiger partial charge in [0.25, 0.3) is 0 Å². The zero-order valence-corrected chi connectivity index (χ0v) is 7.69. The lowest BCUT2D eigenvalue weighted by molar-refractivity contribution is 0.0528. The molecule has 0 N–H and O–H groups in total. The Morgan fingerprint density at radius 2 is 2.43 bits per heavy atom. The highest BCUT2D eigenvalue weighted by atomic mass is 16.5. The number of nitrogens with zero attached hydrogens (tertiary/aromatic N) is 1. The van der Waals surface area contributed by atoms with Crippen molar-refractivity contribution >= 4 is 17.1 Å². The van der Waals surface area contributed by atoms with E-state index >= 15 is 0 Å². The fourth-order valence-corrected chi connectivity index (χ4v) is 1.26. The topological polar surface area (TPSA) is 52.3 Å². The summed E-state index contributed by atoms with van der Waals surface area (Å²) in [6.45, 7) is 2.12. The van der Waals surface area contributed by atoms with Crippen LogP contribution in [0.3, 0.4) is 0 Å². The van der Waals surface area contributed by atoms with Crippen LogP contribution < -0.4 is 0 Å². The number of fused-ring (bicyclic) bond motifs is 1. The van der Waals surface area contributed by atoms with Gasteiger partial charge in [-0.3, -0.25) is 0 Å². The summed E-state index contributed by atoms with van der Waals surface area (Å²) in [4.78, 5) is 15.4. The van der Waals surface area contributed by atoms with Gasteiger partial charge in [0.1, 0.15) is 5.52 Å². The third kappa shape index (κ3) is 1.35. The van der Waals surface area contributed by atoms with Crippen LogP contribution >= 0.6 is 0 Å². The molecule has 0 bridgehead atoms. The van der Waals surface area contributed by atoms with Crippen molar-refractivity contribution in [3.05, 3.63) is 30.2 Å². The Hall–Kier alpha value is -1.84. The molecule has 72 valence electrons. The number of carbonyl (C=O) groups is 1. The van der Waals surface area contributed by atoms with Gasteiger partial charge >= 0.3 is 5.97 Å². The molecule has 0 fully saturated rings. The molecule has 0 radical (unpaired) electrons. The van der Waals surface area contributed by atoms with Gasteiger partial charge in [-0.05, 0) is 19.1 Å². The van der Waals surface area contributed by atoms with Gasteiger partial charge in [-0.15, -0.1) is 0 Å². The molecule has 0 aliphatic heterocycles. The van der Waals surface area contributed by atoms with Crippen LogP contribution in [0, 0.1) is 0 Å². The van der Waals surface area contributed by atoms with E-state index in [1.54, 1.807) is 25.1 Å². The fourth-order valence-electron chi connectivity index (χ4n) is 1.26. The number of oxazole rings is 1. The maximum atomic E-state index is 11.5. The first-order chi connectivity index (χ1) is 6.83. The summed E-state index contributed by atoms with van der Waals surface area (Å²) < 4.78 is 9.95. The van der Waals surface area contributed by atoms with Crippen LogP contribution in [0.4, 0.5) is 0 Å². The number of hydrogen-bond acceptors (Lipinski definition) is 4. The predicted molar refractivity (Wildman–Crippen MR) is 50.0 cm³/mol. The number of ether oxygens (including phenoxy) is 1. The zero-order valence-electron chi connectivity index (χ0n) is 7.69. The van der Waals surface area contributed by atoms with E-state index in [-0.39, 0.29) is 5.97 Å². The molecule has 0 aliphatic rings. The van der Waals surface area contributed by atoms with Crippen molar-refractivity contribution in [2.45, 2.75) is 6.92 Å². The van der Waals surface area contributed by atoms with Gasteiger partial charge in [-0.1, -0.05) is 6.07 Å². The number of carbonyl (C=O) groups excluding carboxylic acids is 1. The van der Waals surface area contributed by atoms with Crippen molar-refractivity contribution in [1.82, 2.24) is 4.98 Å². The minimum absolute atomic E-state index is 0.354. The molecule has 0 atom stereocenters. The van der Waals surface area contributed by atoms with Crippen molar-refractivity contribution in [1.29, 1.82) is 0 Å². The molecular weight excluding hydrogens is 182 g/mol. The summed E-state index contributed by atoms with van der Waals surface area (Å²) >= 11 is 0. The van der Waals surface area contributed by atoms with Gasteiger partial charge in [-0.25, -0.2) is 9.78 Å². The molecule has 0 saturated heterocycles. The predicted octanol–water partition coefficient (Wildman–Crippen LogP) is 2.00. The average molecular weight is 191 g/mol. The van der Waals surface area contributed by atoms with E-state index in [2.05, 4.69) is 4.98 Å². The molecule has 0 unspecified atom stereocenters. The second kappa shape index (κ2) is 3.49. The first-order valence-corrected chi connectivity index (χ1v) is 4.32. The number of benzene rings is 1. The Bertz CT molecular complexity index is 461.